The maximum Gasteiger partial charge on any atom is 0.227 e. The summed E-state index contributed by atoms with van der Waals surface area (Å²) in [6, 6.07) is 1.76. The number of nitrogens with two attached hydrogens (primary N) is 2. The van der Waals surface area contributed by atoms with Crippen LogP contribution in [-0.4, -0.2) is 24.0 Å². The van der Waals surface area contributed by atoms with Crippen molar-refractivity contribution in [3.05, 3.63) is 18.5 Å². The Morgan fingerprint density at radius 2 is 2.40 bits per heavy atom. The van der Waals surface area contributed by atoms with E-state index in [4.69, 9.17) is 11.5 Å². The van der Waals surface area contributed by atoms with E-state index in [1.165, 1.54) is 0 Å². The summed E-state index contributed by atoms with van der Waals surface area (Å²) in [7, 11) is 0. The molecule has 1 unspecified atom stereocenters. The van der Waals surface area contributed by atoms with E-state index in [2.05, 4.69) is 4.98 Å². The summed E-state index contributed by atoms with van der Waals surface area (Å²) in [5.41, 5.74) is 12.6. The monoisotopic (exact) mass is 206 g/mol. The Hall–Kier alpha value is -1.62. The van der Waals surface area contributed by atoms with Gasteiger partial charge in [0, 0.05) is 19.2 Å². The maximum atomic E-state index is 11.7. The van der Waals surface area contributed by atoms with E-state index in [0.717, 1.165) is 5.69 Å². The Morgan fingerprint density at radius 3 is 3.00 bits per heavy atom. The Bertz CT molecular complexity index is 379. The van der Waals surface area contributed by atoms with Crippen molar-refractivity contribution < 1.29 is 4.79 Å². The van der Waals surface area contributed by atoms with Gasteiger partial charge in [-0.1, -0.05) is 0 Å². The first-order valence-corrected chi connectivity index (χ1v) is 4.92. The standard InChI is InChI=1S/C10H14N4O/c11-4-7-3-10(15)14(6-7)9-1-2-13-5-8(9)12/h1-2,5,7H,3-4,6,11-12H2. The predicted octanol–water partition coefficient (Wildman–Crippen LogP) is -0.0246. The first kappa shape index (κ1) is 9.92. The van der Waals surface area contributed by atoms with Gasteiger partial charge in [0.15, 0.2) is 0 Å². The average molecular weight is 206 g/mol. The lowest BCUT2D eigenvalue weighted by molar-refractivity contribution is -0.117. The molecule has 4 N–H and O–H groups in total. The summed E-state index contributed by atoms with van der Waals surface area (Å²) in [5, 5.41) is 0. The zero-order valence-corrected chi connectivity index (χ0v) is 8.39. The molecule has 2 rings (SSSR count). The summed E-state index contributed by atoms with van der Waals surface area (Å²) >= 11 is 0. The summed E-state index contributed by atoms with van der Waals surface area (Å²) in [5.74, 6) is 0.327. The van der Waals surface area contributed by atoms with Crippen molar-refractivity contribution in [2.24, 2.45) is 11.7 Å². The van der Waals surface area contributed by atoms with Gasteiger partial charge in [-0.15, -0.1) is 0 Å². The molecule has 0 bridgehead atoms. The van der Waals surface area contributed by atoms with E-state index in [1.807, 2.05) is 0 Å². The molecule has 15 heavy (non-hydrogen) atoms. The van der Waals surface area contributed by atoms with E-state index in [9.17, 15) is 4.79 Å². The van der Waals surface area contributed by atoms with E-state index >= 15 is 0 Å². The van der Waals surface area contributed by atoms with Crippen LogP contribution in [0.25, 0.3) is 0 Å². The van der Waals surface area contributed by atoms with Crippen molar-refractivity contribution in [3.63, 3.8) is 0 Å². The molecule has 0 radical (unpaired) electrons. The molecule has 2 heterocycles. The lowest BCUT2D eigenvalue weighted by atomic mass is 10.1. The Labute approximate surface area is 88.1 Å². The second-order valence-corrected chi connectivity index (χ2v) is 3.74. The van der Waals surface area contributed by atoms with Crippen LogP contribution in [0, 0.1) is 5.92 Å². The molecule has 5 nitrogen and oxygen atoms in total. The highest BCUT2D eigenvalue weighted by Gasteiger charge is 2.30. The Balaban J connectivity index is 2.25. The van der Waals surface area contributed by atoms with E-state index in [1.54, 1.807) is 23.4 Å². The number of nitrogen functional groups attached to an aromatic ring is 1. The third-order valence-corrected chi connectivity index (χ3v) is 2.66. The summed E-state index contributed by atoms with van der Waals surface area (Å²) < 4.78 is 0. The van der Waals surface area contributed by atoms with Crippen molar-refractivity contribution in [1.29, 1.82) is 0 Å². The fourth-order valence-electron chi connectivity index (χ4n) is 1.82. The van der Waals surface area contributed by atoms with Gasteiger partial charge in [0.1, 0.15) is 0 Å². The van der Waals surface area contributed by atoms with Crippen molar-refractivity contribution in [2.75, 3.05) is 23.7 Å². The largest absolute Gasteiger partial charge is 0.396 e. The quantitative estimate of drug-likeness (QED) is 0.711. The second kappa shape index (κ2) is 3.86. The lowest BCUT2D eigenvalue weighted by Crippen LogP contribution is -2.26. The highest BCUT2D eigenvalue weighted by Crippen LogP contribution is 2.28. The minimum absolute atomic E-state index is 0.0864. The number of rotatable bonds is 2. The SMILES string of the molecule is NCC1CC(=O)N(c2ccncc2N)C1. The Morgan fingerprint density at radius 1 is 1.60 bits per heavy atom. The maximum absolute atomic E-state index is 11.7. The molecule has 1 aromatic rings. The average Bonchev–Trinajstić information content (AvgIpc) is 2.60. The van der Waals surface area contributed by atoms with Crippen LogP contribution in [0.3, 0.4) is 0 Å². The van der Waals surface area contributed by atoms with E-state index in [-0.39, 0.29) is 11.8 Å². The number of pyridine rings is 1. The van der Waals surface area contributed by atoms with E-state index < -0.39 is 0 Å². The minimum Gasteiger partial charge on any atom is -0.396 e. The number of hydrogen-bond donors (Lipinski definition) is 2. The Kier molecular flexibility index (Phi) is 2.55. The predicted molar refractivity (Wildman–Crippen MR) is 58.2 cm³/mol. The van der Waals surface area contributed by atoms with Gasteiger partial charge in [-0.3, -0.25) is 9.78 Å². The number of amides is 1. The fraction of sp³-hybridized carbons (Fsp3) is 0.400. The highest BCUT2D eigenvalue weighted by atomic mass is 16.2. The molecule has 0 saturated carbocycles. The molecule has 5 heteroatoms. The van der Waals surface area contributed by atoms with Gasteiger partial charge < -0.3 is 16.4 Å². The van der Waals surface area contributed by atoms with Crippen LogP contribution in [-0.2, 0) is 4.79 Å². The van der Waals surface area contributed by atoms with Crippen LogP contribution >= 0.6 is 0 Å². The van der Waals surface area contributed by atoms with Gasteiger partial charge in [-0.05, 0) is 18.5 Å². The lowest BCUT2D eigenvalue weighted by Gasteiger charge is -2.17. The van der Waals surface area contributed by atoms with Crippen LogP contribution in [0.2, 0.25) is 0 Å². The van der Waals surface area contributed by atoms with E-state index in [0.29, 0.717) is 25.2 Å². The fourth-order valence-corrected chi connectivity index (χ4v) is 1.82. The molecular weight excluding hydrogens is 192 g/mol. The molecule has 1 aliphatic heterocycles. The molecule has 0 spiro atoms. The molecule has 1 saturated heterocycles. The normalized spacial score (nSPS) is 21.0. The van der Waals surface area contributed by atoms with Gasteiger partial charge in [-0.25, -0.2) is 0 Å². The van der Waals surface area contributed by atoms with Gasteiger partial charge in [0.05, 0.1) is 17.6 Å². The minimum atomic E-state index is 0.0864. The van der Waals surface area contributed by atoms with Crippen molar-refractivity contribution >= 4 is 17.3 Å². The summed E-state index contributed by atoms with van der Waals surface area (Å²) in [4.78, 5) is 17.3. The zero-order valence-electron chi connectivity index (χ0n) is 8.39. The highest BCUT2D eigenvalue weighted by molar-refractivity contribution is 5.98. The summed E-state index contributed by atoms with van der Waals surface area (Å²) in [6.07, 6.45) is 3.70. The molecular formula is C10H14N4O. The van der Waals surface area contributed by atoms with Gasteiger partial charge >= 0.3 is 0 Å². The number of hydrogen-bond acceptors (Lipinski definition) is 4. The van der Waals surface area contributed by atoms with Crippen molar-refractivity contribution in [3.8, 4) is 0 Å². The first-order valence-electron chi connectivity index (χ1n) is 4.92. The van der Waals surface area contributed by atoms with Crippen LogP contribution in [0.5, 0.6) is 0 Å². The molecule has 1 aromatic heterocycles. The molecule has 1 amide bonds. The molecule has 0 aromatic carbocycles. The van der Waals surface area contributed by atoms with Crippen LogP contribution in [0.15, 0.2) is 18.5 Å². The summed E-state index contributed by atoms with van der Waals surface area (Å²) in [6.45, 7) is 1.19. The number of carbonyl (C=O) groups is 1. The van der Waals surface area contributed by atoms with Gasteiger partial charge in [-0.2, -0.15) is 0 Å². The third kappa shape index (κ3) is 1.78. The van der Waals surface area contributed by atoms with Crippen molar-refractivity contribution in [2.45, 2.75) is 6.42 Å². The number of anilines is 2. The smallest absolute Gasteiger partial charge is 0.227 e. The topological polar surface area (TPSA) is 85.2 Å². The van der Waals surface area contributed by atoms with Crippen molar-refractivity contribution in [1.82, 2.24) is 4.98 Å². The molecule has 1 aliphatic rings. The third-order valence-electron chi connectivity index (χ3n) is 2.66. The van der Waals surface area contributed by atoms with Crippen LogP contribution in [0.1, 0.15) is 6.42 Å². The van der Waals surface area contributed by atoms with Gasteiger partial charge in [0.2, 0.25) is 5.91 Å². The first-order chi connectivity index (χ1) is 7.22. The molecule has 1 fully saturated rings. The van der Waals surface area contributed by atoms with Crippen LogP contribution in [0.4, 0.5) is 11.4 Å². The number of aromatic nitrogens is 1. The second-order valence-electron chi connectivity index (χ2n) is 3.74. The molecule has 1 atom stereocenters. The number of carbonyl (C=O) groups excluding carboxylic acids is 1. The molecule has 80 valence electrons. The number of nitrogens with zero attached hydrogens (tertiary/aromatic N) is 2. The van der Waals surface area contributed by atoms with Crippen LogP contribution < -0.4 is 16.4 Å². The molecule has 0 aliphatic carbocycles. The van der Waals surface area contributed by atoms with Gasteiger partial charge in [0.25, 0.3) is 0 Å². The zero-order chi connectivity index (χ0) is 10.8.